The van der Waals surface area contributed by atoms with Crippen LogP contribution in [0.4, 0.5) is 17.3 Å². The van der Waals surface area contributed by atoms with Crippen LogP contribution in [-0.4, -0.2) is 47.4 Å². The zero-order valence-electron chi connectivity index (χ0n) is 17.4. The van der Waals surface area contributed by atoms with Gasteiger partial charge in [0.15, 0.2) is 0 Å². The summed E-state index contributed by atoms with van der Waals surface area (Å²) in [6, 6.07) is 15.5. The Morgan fingerprint density at radius 1 is 1.24 bits per heavy atom. The van der Waals surface area contributed by atoms with E-state index >= 15 is 0 Å². The summed E-state index contributed by atoms with van der Waals surface area (Å²) in [5.41, 5.74) is 3.74. The fourth-order valence-electron chi connectivity index (χ4n) is 3.44. The van der Waals surface area contributed by atoms with Gasteiger partial charge in [-0.2, -0.15) is 10.4 Å². The van der Waals surface area contributed by atoms with Gasteiger partial charge in [0.2, 0.25) is 5.95 Å². The molecule has 0 spiro atoms. The average Bonchev–Trinajstić information content (AvgIpc) is 2.84. The van der Waals surface area contributed by atoms with Gasteiger partial charge in [-0.1, -0.05) is 36.4 Å². The van der Waals surface area contributed by atoms with Gasteiger partial charge in [0.25, 0.3) is 11.2 Å². The predicted molar refractivity (Wildman–Crippen MR) is 122 cm³/mol. The summed E-state index contributed by atoms with van der Waals surface area (Å²) in [4.78, 5) is 32.1. The van der Waals surface area contributed by atoms with Gasteiger partial charge in [-0.05, 0) is 6.07 Å². The van der Waals surface area contributed by atoms with Crippen LogP contribution in [0.5, 0.6) is 0 Å². The normalized spacial score (nSPS) is 13.6. The molecule has 3 aromatic rings. The number of nitro groups is 1. The molecule has 1 fully saturated rings. The van der Waals surface area contributed by atoms with Crippen LogP contribution in [0.25, 0.3) is 11.3 Å². The van der Waals surface area contributed by atoms with Crippen molar-refractivity contribution in [2.75, 3.05) is 36.6 Å². The highest BCUT2D eigenvalue weighted by molar-refractivity contribution is 5.83. The molecule has 1 aliphatic heterocycles. The van der Waals surface area contributed by atoms with Crippen molar-refractivity contribution in [1.82, 2.24) is 9.97 Å². The third kappa shape index (κ3) is 4.86. The number of nitrogens with one attached hydrogen (secondary N) is 2. The van der Waals surface area contributed by atoms with E-state index in [1.54, 1.807) is 36.4 Å². The molecule has 0 bridgehead atoms. The van der Waals surface area contributed by atoms with E-state index in [9.17, 15) is 20.2 Å². The first-order valence-corrected chi connectivity index (χ1v) is 10.1. The molecule has 2 heterocycles. The van der Waals surface area contributed by atoms with Crippen molar-refractivity contribution in [3.8, 4) is 17.3 Å². The maximum atomic E-state index is 12.3. The highest BCUT2D eigenvalue weighted by Gasteiger charge is 2.21. The van der Waals surface area contributed by atoms with E-state index in [0.29, 0.717) is 43.1 Å². The second kappa shape index (κ2) is 9.71. The van der Waals surface area contributed by atoms with E-state index in [4.69, 9.17) is 4.74 Å². The van der Waals surface area contributed by atoms with Crippen LogP contribution >= 0.6 is 0 Å². The number of ether oxygens (including phenoxy) is 1. The fourth-order valence-corrected chi connectivity index (χ4v) is 3.44. The average molecular weight is 445 g/mol. The number of aromatic amines is 1. The zero-order valence-corrected chi connectivity index (χ0v) is 17.4. The van der Waals surface area contributed by atoms with Gasteiger partial charge in [0, 0.05) is 30.3 Å². The lowest BCUT2D eigenvalue weighted by molar-refractivity contribution is -0.384. The molecule has 33 heavy (non-hydrogen) atoms. The Labute approximate surface area is 188 Å². The zero-order chi connectivity index (χ0) is 23.2. The SMILES string of the molecule is N#Cc1c(-c2ccccc2)nc(NN=Cc2ccc(N3CCOCC3)c([N+](=O)[O-])c2)[nH]c1=O. The van der Waals surface area contributed by atoms with Gasteiger partial charge in [0.1, 0.15) is 17.3 Å². The quantitative estimate of drug-likeness (QED) is 0.334. The van der Waals surface area contributed by atoms with Crippen LogP contribution in [0, 0.1) is 21.4 Å². The molecule has 2 aromatic carbocycles. The Hall–Kier alpha value is -4.56. The van der Waals surface area contributed by atoms with Crippen molar-refractivity contribution in [1.29, 1.82) is 5.26 Å². The van der Waals surface area contributed by atoms with Gasteiger partial charge < -0.3 is 9.64 Å². The second-order valence-corrected chi connectivity index (χ2v) is 7.09. The standard InChI is InChI=1S/C22H19N7O4/c23-13-17-20(16-4-2-1-3-5-16)25-22(26-21(17)30)27-24-14-15-6-7-18(19(12-15)29(31)32)28-8-10-33-11-9-28/h1-7,12,14H,8-11H2,(H2,25,26,27,30). The lowest BCUT2D eigenvalue weighted by Crippen LogP contribution is -2.36. The molecule has 0 saturated carbocycles. The highest BCUT2D eigenvalue weighted by Crippen LogP contribution is 2.29. The number of rotatable bonds is 6. The summed E-state index contributed by atoms with van der Waals surface area (Å²) in [7, 11) is 0. The third-order valence-corrected chi connectivity index (χ3v) is 5.01. The molecule has 1 aliphatic rings. The number of nitriles is 1. The van der Waals surface area contributed by atoms with Crippen LogP contribution in [-0.2, 0) is 4.74 Å². The molecular weight excluding hydrogens is 426 g/mol. The van der Waals surface area contributed by atoms with Crippen LogP contribution in [0.15, 0.2) is 58.4 Å². The molecule has 0 radical (unpaired) electrons. The summed E-state index contributed by atoms with van der Waals surface area (Å²) in [6.07, 6.45) is 1.39. The van der Waals surface area contributed by atoms with E-state index in [1.807, 2.05) is 17.0 Å². The first-order chi connectivity index (χ1) is 16.1. The number of aromatic nitrogens is 2. The summed E-state index contributed by atoms with van der Waals surface area (Å²) >= 11 is 0. The lowest BCUT2D eigenvalue weighted by atomic mass is 10.1. The van der Waals surface area contributed by atoms with E-state index < -0.39 is 10.5 Å². The molecule has 166 valence electrons. The molecule has 0 aliphatic carbocycles. The number of morpholine rings is 1. The minimum atomic E-state index is -0.602. The minimum Gasteiger partial charge on any atom is -0.378 e. The molecule has 0 unspecified atom stereocenters. The van der Waals surface area contributed by atoms with Gasteiger partial charge >= 0.3 is 0 Å². The van der Waals surface area contributed by atoms with Crippen molar-refractivity contribution in [2.45, 2.75) is 0 Å². The number of nitrogens with zero attached hydrogens (tertiary/aromatic N) is 5. The Morgan fingerprint density at radius 2 is 2.00 bits per heavy atom. The van der Waals surface area contributed by atoms with Gasteiger partial charge in [-0.3, -0.25) is 19.9 Å². The van der Waals surface area contributed by atoms with Crippen molar-refractivity contribution in [3.05, 3.63) is 80.1 Å². The molecule has 1 saturated heterocycles. The lowest BCUT2D eigenvalue weighted by Gasteiger charge is -2.28. The molecular formula is C22H19N7O4. The Bertz CT molecular complexity index is 1290. The van der Waals surface area contributed by atoms with Gasteiger partial charge in [-0.25, -0.2) is 10.4 Å². The molecule has 11 nitrogen and oxygen atoms in total. The Morgan fingerprint density at radius 3 is 2.70 bits per heavy atom. The van der Waals surface area contributed by atoms with E-state index in [1.165, 1.54) is 12.3 Å². The third-order valence-electron chi connectivity index (χ3n) is 5.01. The van der Waals surface area contributed by atoms with Crippen LogP contribution in [0.3, 0.4) is 0 Å². The summed E-state index contributed by atoms with van der Waals surface area (Å²) in [6.45, 7) is 2.20. The highest BCUT2D eigenvalue weighted by atomic mass is 16.6. The van der Waals surface area contributed by atoms with Crippen LogP contribution in [0.1, 0.15) is 11.1 Å². The van der Waals surface area contributed by atoms with E-state index in [-0.39, 0.29) is 22.9 Å². The topological polar surface area (TPSA) is 150 Å². The van der Waals surface area contributed by atoms with E-state index in [0.717, 1.165) is 0 Å². The molecule has 0 atom stereocenters. The number of hydrazone groups is 1. The molecule has 2 N–H and O–H groups in total. The van der Waals surface area contributed by atoms with Crippen molar-refractivity contribution in [2.24, 2.45) is 5.10 Å². The summed E-state index contributed by atoms with van der Waals surface area (Å²) in [5, 5.41) is 25.0. The van der Waals surface area contributed by atoms with Crippen LogP contribution < -0.4 is 15.9 Å². The number of anilines is 2. The Balaban J connectivity index is 1.58. The smallest absolute Gasteiger partial charge is 0.293 e. The maximum Gasteiger partial charge on any atom is 0.293 e. The van der Waals surface area contributed by atoms with Crippen molar-refractivity contribution in [3.63, 3.8) is 0 Å². The molecule has 11 heteroatoms. The minimum absolute atomic E-state index is 0.0304. The maximum absolute atomic E-state index is 12.3. The van der Waals surface area contributed by atoms with Gasteiger partial charge in [0.05, 0.1) is 30.0 Å². The van der Waals surface area contributed by atoms with Crippen molar-refractivity contribution >= 4 is 23.5 Å². The largest absolute Gasteiger partial charge is 0.378 e. The number of H-pyrrole nitrogens is 1. The molecule has 0 amide bonds. The van der Waals surface area contributed by atoms with Gasteiger partial charge in [-0.15, -0.1) is 0 Å². The summed E-state index contributed by atoms with van der Waals surface area (Å²) in [5.74, 6) is 0.0357. The first-order valence-electron chi connectivity index (χ1n) is 10.1. The first kappa shape index (κ1) is 21.7. The number of nitro benzene ring substituents is 1. The van der Waals surface area contributed by atoms with Crippen molar-refractivity contribution < 1.29 is 9.66 Å². The molecule has 1 aromatic heterocycles. The van der Waals surface area contributed by atoms with Crippen LogP contribution in [0.2, 0.25) is 0 Å². The second-order valence-electron chi connectivity index (χ2n) is 7.09. The summed E-state index contributed by atoms with van der Waals surface area (Å²) < 4.78 is 5.31. The number of hydrogen-bond acceptors (Lipinski definition) is 9. The number of hydrogen-bond donors (Lipinski definition) is 2. The monoisotopic (exact) mass is 445 g/mol. The van der Waals surface area contributed by atoms with E-state index in [2.05, 4.69) is 20.5 Å². The predicted octanol–water partition coefficient (Wildman–Crippen LogP) is 2.50. The molecule has 4 rings (SSSR count). The fraction of sp³-hybridized carbons (Fsp3) is 0.182. The Kier molecular flexibility index (Phi) is 6.38. The number of benzene rings is 2.